The fourth-order valence-corrected chi connectivity index (χ4v) is 3.63. The number of benzene rings is 3. The molecule has 0 heterocycles. The summed E-state index contributed by atoms with van der Waals surface area (Å²) in [6, 6.07) is 20.6. The van der Waals surface area contributed by atoms with E-state index in [2.05, 4.69) is 10.0 Å². The molecule has 0 spiro atoms. The highest BCUT2D eigenvalue weighted by Gasteiger charge is 2.14. The molecule has 0 aromatic heterocycles. The van der Waals surface area contributed by atoms with Gasteiger partial charge in [-0.2, -0.15) is 0 Å². The number of hydrogen-bond acceptors (Lipinski definition) is 3. The van der Waals surface area contributed by atoms with Crippen molar-refractivity contribution in [2.75, 3.05) is 10.0 Å². The fourth-order valence-electron chi connectivity index (χ4n) is 2.58. The van der Waals surface area contributed by atoms with Gasteiger partial charge < -0.3 is 5.32 Å². The molecule has 3 rings (SSSR count). The van der Waals surface area contributed by atoms with Gasteiger partial charge in [-0.05, 0) is 60.5 Å². The Balaban J connectivity index is 1.59. The van der Waals surface area contributed by atoms with Gasteiger partial charge in [-0.15, -0.1) is 0 Å². The summed E-state index contributed by atoms with van der Waals surface area (Å²) in [4.78, 5) is 12.1. The van der Waals surface area contributed by atoms with E-state index in [-0.39, 0.29) is 16.5 Å². The van der Waals surface area contributed by atoms with Crippen molar-refractivity contribution in [3.05, 3.63) is 90.2 Å². The minimum atomic E-state index is -3.80. The maximum absolute atomic E-state index is 12.9. The molecule has 0 fully saturated rings. The van der Waals surface area contributed by atoms with Crippen LogP contribution in [0.1, 0.15) is 12.0 Å². The van der Waals surface area contributed by atoms with E-state index in [9.17, 15) is 17.6 Å². The summed E-state index contributed by atoms with van der Waals surface area (Å²) in [5.74, 6) is -0.598. The standard InChI is InChI=1S/C21H19FN2O3S/c22-17-7-9-19(10-8-17)24-28(26,27)20-13-11-18(12-14-20)23-21(25)15-6-16-4-2-1-3-5-16/h1-5,7-14,24H,6,15H2,(H,23,25). The Morgan fingerprint density at radius 3 is 2.07 bits per heavy atom. The smallest absolute Gasteiger partial charge is 0.261 e. The number of nitrogens with one attached hydrogen (secondary N) is 2. The molecular weight excluding hydrogens is 379 g/mol. The summed E-state index contributed by atoms with van der Waals surface area (Å²) >= 11 is 0. The molecule has 0 bridgehead atoms. The lowest BCUT2D eigenvalue weighted by Gasteiger charge is -2.09. The Hall–Kier alpha value is -3.19. The van der Waals surface area contributed by atoms with E-state index in [0.29, 0.717) is 18.5 Å². The Morgan fingerprint density at radius 1 is 0.821 bits per heavy atom. The van der Waals surface area contributed by atoms with Crippen LogP contribution in [-0.2, 0) is 21.2 Å². The van der Waals surface area contributed by atoms with Gasteiger partial charge in [0.25, 0.3) is 10.0 Å². The Morgan fingerprint density at radius 2 is 1.43 bits per heavy atom. The van der Waals surface area contributed by atoms with Crippen LogP contribution in [0.2, 0.25) is 0 Å². The molecule has 0 atom stereocenters. The zero-order valence-corrected chi connectivity index (χ0v) is 15.7. The molecule has 3 aromatic rings. The minimum Gasteiger partial charge on any atom is -0.326 e. The predicted molar refractivity (Wildman–Crippen MR) is 107 cm³/mol. The lowest BCUT2D eigenvalue weighted by Crippen LogP contribution is -2.14. The molecule has 0 aliphatic carbocycles. The van der Waals surface area contributed by atoms with Gasteiger partial charge in [0.1, 0.15) is 5.82 Å². The fraction of sp³-hybridized carbons (Fsp3) is 0.0952. The van der Waals surface area contributed by atoms with Crippen molar-refractivity contribution in [3.63, 3.8) is 0 Å². The number of anilines is 2. The highest BCUT2D eigenvalue weighted by molar-refractivity contribution is 7.92. The predicted octanol–water partition coefficient (Wildman–Crippen LogP) is 4.20. The van der Waals surface area contributed by atoms with E-state index in [1.54, 1.807) is 0 Å². The molecule has 0 aliphatic heterocycles. The van der Waals surface area contributed by atoms with Crippen LogP contribution in [0.5, 0.6) is 0 Å². The van der Waals surface area contributed by atoms with Crippen molar-refractivity contribution in [3.8, 4) is 0 Å². The molecule has 28 heavy (non-hydrogen) atoms. The third-order valence-corrected chi connectivity index (χ3v) is 5.43. The molecular formula is C21H19FN2O3S. The Labute approximate surface area is 163 Å². The van der Waals surface area contributed by atoms with Gasteiger partial charge in [0.05, 0.1) is 4.90 Å². The molecule has 3 aromatic carbocycles. The highest BCUT2D eigenvalue weighted by atomic mass is 32.2. The van der Waals surface area contributed by atoms with Crippen molar-refractivity contribution in [2.24, 2.45) is 0 Å². The monoisotopic (exact) mass is 398 g/mol. The normalized spacial score (nSPS) is 11.0. The van der Waals surface area contributed by atoms with Gasteiger partial charge in [-0.1, -0.05) is 30.3 Å². The van der Waals surface area contributed by atoms with Crippen LogP contribution >= 0.6 is 0 Å². The first-order chi connectivity index (χ1) is 13.4. The van der Waals surface area contributed by atoms with E-state index in [1.807, 2.05) is 30.3 Å². The zero-order valence-electron chi connectivity index (χ0n) is 14.9. The molecule has 2 N–H and O–H groups in total. The van der Waals surface area contributed by atoms with Crippen LogP contribution in [0.25, 0.3) is 0 Å². The van der Waals surface area contributed by atoms with Gasteiger partial charge in [-0.25, -0.2) is 12.8 Å². The first-order valence-corrected chi connectivity index (χ1v) is 10.1. The molecule has 7 heteroatoms. The number of halogens is 1. The summed E-state index contributed by atoms with van der Waals surface area (Å²) < 4.78 is 40.1. The highest BCUT2D eigenvalue weighted by Crippen LogP contribution is 2.19. The molecule has 0 saturated carbocycles. The van der Waals surface area contributed by atoms with Gasteiger partial charge in [0.2, 0.25) is 5.91 Å². The molecule has 0 radical (unpaired) electrons. The summed E-state index contributed by atoms with van der Waals surface area (Å²) in [5, 5.41) is 2.75. The second-order valence-electron chi connectivity index (χ2n) is 6.17. The van der Waals surface area contributed by atoms with Crippen molar-refractivity contribution in [1.29, 1.82) is 0 Å². The minimum absolute atomic E-state index is 0.0408. The second-order valence-corrected chi connectivity index (χ2v) is 7.85. The molecule has 0 aliphatic rings. The maximum atomic E-state index is 12.9. The first-order valence-electron chi connectivity index (χ1n) is 8.65. The van der Waals surface area contributed by atoms with Crippen LogP contribution in [0.4, 0.5) is 15.8 Å². The first kappa shape index (κ1) is 19.6. The van der Waals surface area contributed by atoms with E-state index >= 15 is 0 Å². The zero-order chi connectivity index (χ0) is 20.0. The number of aryl methyl sites for hydroxylation is 1. The molecule has 0 saturated heterocycles. The van der Waals surface area contributed by atoms with Gasteiger partial charge in [0, 0.05) is 17.8 Å². The largest absolute Gasteiger partial charge is 0.326 e. The number of sulfonamides is 1. The Bertz CT molecular complexity index is 1040. The third kappa shape index (κ3) is 5.40. The van der Waals surface area contributed by atoms with Gasteiger partial charge in [0.15, 0.2) is 0 Å². The third-order valence-electron chi connectivity index (χ3n) is 4.03. The molecule has 144 valence electrons. The summed E-state index contributed by atoms with van der Waals surface area (Å²) in [6.45, 7) is 0. The van der Waals surface area contributed by atoms with E-state index < -0.39 is 15.8 Å². The SMILES string of the molecule is O=C(CCc1ccccc1)Nc1ccc(S(=O)(=O)Nc2ccc(F)cc2)cc1. The second kappa shape index (κ2) is 8.67. The van der Waals surface area contributed by atoms with Crippen molar-refractivity contribution in [2.45, 2.75) is 17.7 Å². The van der Waals surface area contributed by atoms with Crippen LogP contribution in [0.15, 0.2) is 83.8 Å². The maximum Gasteiger partial charge on any atom is 0.261 e. The lowest BCUT2D eigenvalue weighted by atomic mass is 10.1. The van der Waals surface area contributed by atoms with Crippen molar-refractivity contribution >= 4 is 27.3 Å². The number of amides is 1. The Kier molecular flexibility index (Phi) is 6.06. The van der Waals surface area contributed by atoms with E-state index in [0.717, 1.165) is 5.56 Å². The average Bonchev–Trinajstić information content (AvgIpc) is 2.69. The number of carbonyl (C=O) groups excluding carboxylic acids is 1. The summed E-state index contributed by atoms with van der Waals surface area (Å²) in [6.07, 6.45) is 0.955. The van der Waals surface area contributed by atoms with Crippen molar-refractivity contribution in [1.82, 2.24) is 0 Å². The quantitative estimate of drug-likeness (QED) is 0.626. The summed E-state index contributed by atoms with van der Waals surface area (Å²) in [7, 11) is -3.80. The number of rotatable bonds is 7. The van der Waals surface area contributed by atoms with Gasteiger partial charge in [-0.3, -0.25) is 9.52 Å². The number of carbonyl (C=O) groups is 1. The molecule has 0 unspecified atom stereocenters. The van der Waals surface area contributed by atoms with Crippen LogP contribution in [0, 0.1) is 5.82 Å². The summed E-state index contributed by atoms with van der Waals surface area (Å²) in [5.41, 5.74) is 1.85. The van der Waals surface area contributed by atoms with E-state index in [1.165, 1.54) is 48.5 Å². The molecule has 1 amide bonds. The molecule has 5 nitrogen and oxygen atoms in total. The van der Waals surface area contributed by atoms with Crippen LogP contribution in [0.3, 0.4) is 0 Å². The van der Waals surface area contributed by atoms with Gasteiger partial charge >= 0.3 is 0 Å². The van der Waals surface area contributed by atoms with Crippen LogP contribution in [-0.4, -0.2) is 14.3 Å². The van der Waals surface area contributed by atoms with E-state index in [4.69, 9.17) is 0 Å². The van der Waals surface area contributed by atoms with Crippen molar-refractivity contribution < 1.29 is 17.6 Å². The number of hydrogen-bond donors (Lipinski definition) is 2. The topological polar surface area (TPSA) is 75.3 Å². The lowest BCUT2D eigenvalue weighted by molar-refractivity contribution is -0.116. The average molecular weight is 398 g/mol. The van der Waals surface area contributed by atoms with Crippen LogP contribution < -0.4 is 10.0 Å².